The SMILES string of the molecule is COCCCn1ccc2c(C(=O)N(C3CC3)C3CCc4nn(C(=O)OC(C)(C)C)cc4C3)cccc21. The van der Waals surface area contributed by atoms with Gasteiger partial charge in [0.25, 0.3) is 5.91 Å². The van der Waals surface area contributed by atoms with Crippen LogP contribution in [0.4, 0.5) is 4.79 Å². The zero-order valence-electron chi connectivity index (χ0n) is 21.7. The summed E-state index contributed by atoms with van der Waals surface area (Å²) in [4.78, 5) is 28.6. The fourth-order valence-electron chi connectivity index (χ4n) is 5.23. The van der Waals surface area contributed by atoms with E-state index < -0.39 is 11.7 Å². The normalized spacial score (nSPS) is 17.7. The van der Waals surface area contributed by atoms with Gasteiger partial charge in [0.05, 0.1) is 5.69 Å². The van der Waals surface area contributed by atoms with Gasteiger partial charge in [-0.15, -0.1) is 0 Å². The second-order valence-electron chi connectivity index (χ2n) is 11.0. The quantitative estimate of drug-likeness (QED) is 0.442. The van der Waals surface area contributed by atoms with Crippen molar-refractivity contribution in [2.45, 2.75) is 83.5 Å². The number of amides is 1. The highest BCUT2D eigenvalue weighted by Crippen LogP contribution is 2.36. The van der Waals surface area contributed by atoms with Crippen LogP contribution in [0.1, 0.15) is 68.1 Å². The number of hydrogen-bond acceptors (Lipinski definition) is 5. The average molecular weight is 493 g/mol. The minimum Gasteiger partial charge on any atom is -0.442 e. The Morgan fingerprint density at radius 3 is 2.67 bits per heavy atom. The van der Waals surface area contributed by atoms with Crippen molar-refractivity contribution in [2.24, 2.45) is 0 Å². The van der Waals surface area contributed by atoms with Crippen LogP contribution in [-0.2, 0) is 28.9 Å². The van der Waals surface area contributed by atoms with Crippen LogP contribution >= 0.6 is 0 Å². The maximum atomic E-state index is 14.0. The molecule has 0 N–H and O–H groups in total. The lowest BCUT2D eigenvalue weighted by Crippen LogP contribution is -2.44. The number of methoxy groups -OCH3 is 1. The first-order valence-corrected chi connectivity index (χ1v) is 13.0. The van der Waals surface area contributed by atoms with Crippen LogP contribution in [-0.4, -0.2) is 62.6 Å². The molecule has 8 heteroatoms. The van der Waals surface area contributed by atoms with Crippen molar-refractivity contribution >= 4 is 22.9 Å². The molecule has 36 heavy (non-hydrogen) atoms. The monoisotopic (exact) mass is 492 g/mol. The van der Waals surface area contributed by atoms with Crippen molar-refractivity contribution in [3.63, 3.8) is 0 Å². The van der Waals surface area contributed by atoms with E-state index in [4.69, 9.17) is 9.47 Å². The molecule has 0 radical (unpaired) electrons. The van der Waals surface area contributed by atoms with Crippen LogP contribution in [0.2, 0.25) is 0 Å². The predicted molar refractivity (Wildman–Crippen MR) is 137 cm³/mol. The third-order valence-electron chi connectivity index (χ3n) is 6.99. The number of ether oxygens (including phenoxy) is 2. The van der Waals surface area contributed by atoms with Gasteiger partial charge in [-0.25, -0.2) is 4.79 Å². The summed E-state index contributed by atoms with van der Waals surface area (Å²) in [5.74, 6) is 0.103. The van der Waals surface area contributed by atoms with E-state index in [-0.39, 0.29) is 18.0 Å². The molecule has 1 atom stereocenters. The Labute approximate surface area is 212 Å². The van der Waals surface area contributed by atoms with E-state index >= 15 is 0 Å². The number of aryl methyl sites for hydroxylation is 2. The molecule has 1 unspecified atom stereocenters. The van der Waals surface area contributed by atoms with E-state index in [1.54, 1.807) is 13.3 Å². The minimum absolute atomic E-state index is 0.0906. The van der Waals surface area contributed by atoms with Crippen molar-refractivity contribution in [2.75, 3.05) is 13.7 Å². The summed E-state index contributed by atoms with van der Waals surface area (Å²) < 4.78 is 14.2. The van der Waals surface area contributed by atoms with Crippen molar-refractivity contribution in [3.05, 3.63) is 53.5 Å². The first-order chi connectivity index (χ1) is 17.2. The van der Waals surface area contributed by atoms with Gasteiger partial charge < -0.3 is 18.9 Å². The van der Waals surface area contributed by atoms with Gasteiger partial charge in [0.15, 0.2) is 0 Å². The number of aromatic nitrogens is 3. The summed E-state index contributed by atoms with van der Waals surface area (Å²) >= 11 is 0. The van der Waals surface area contributed by atoms with Gasteiger partial charge >= 0.3 is 6.09 Å². The van der Waals surface area contributed by atoms with Crippen LogP contribution in [0.15, 0.2) is 36.7 Å². The highest BCUT2D eigenvalue weighted by Gasteiger charge is 2.40. The third-order valence-corrected chi connectivity index (χ3v) is 6.99. The molecule has 2 aliphatic carbocycles. The van der Waals surface area contributed by atoms with Crippen molar-refractivity contribution in [1.29, 1.82) is 0 Å². The number of hydrogen-bond donors (Lipinski definition) is 0. The highest BCUT2D eigenvalue weighted by molar-refractivity contribution is 6.07. The fraction of sp³-hybridized carbons (Fsp3) is 0.536. The summed E-state index contributed by atoms with van der Waals surface area (Å²) in [7, 11) is 1.72. The molecule has 8 nitrogen and oxygen atoms in total. The molecule has 1 aromatic carbocycles. The Bertz CT molecular complexity index is 1260. The van der Waals surface area contributed by atoms with Gasteiger partial charge in [0.1, 0.15) is 5.60 Å². The van der Waals surface area contributed by atoms with Gasteiger partial charge in [-0.05, 0) is 83.1 Å². The van der Waals surface area contributed by atoms with Crippen LogP contribution in [0.25, 0.3) is 10.9 Å². The number of nitrogens with zero attached hydrogens (tertiary/aromatic N) is 4. The number of fused-ring (bicyclic) bond motifs is 2. The first kappa shape index (κ1) is 24.6. The van der Waals surface area contributed by atoms with Crippen LogP contribution < -0.4 is 0 Å². The maximum Gasteiger partial charge on any atom is 0.435 e. The Balaban J connectivity index is 1.37. The molecule has 0 aliphatic heterocycles. The molecule has 0 spiro atoms. The Morgan fingerprint density at radius 1 is 1.14 bits per heavy atom. The van der Waals surface area contributed by atoms with Crippen LogP contribution in [0.3, 0.4) is 0 Å². The number of carbonyl (C=O) groups is 2. The number of rotatable bonds is 7. The Hall–Kier alpha value is -3.13. The van der Waals surface area contributed by atoms with E-state index in [0.717, 1.165) is 66.4 Å². The lowest BCUT2D eigenvalue weighted by atomic mass is 9.91. The first-order valence-electron chi connectivity index (χ1n) is 13.0. The van der Waals surface area contributed by atoms with E-state index in [0.29, 0.717) is 13.0 Å². The lowest BCUT2D eigenvalue weighted by Gasteiger charge is -2.34. The smallest absolute Gasteiger partial charge is 0.435 e. The van der Waals surface area contributed by atoms with E-state index in [1.165, 1.54) is 4.68 Å². The van der Waals surface area contributed by atoms with E-state index in [2.05, 4.69) is 32.9 Å². The Morgan fingerprint density at radius 2 is 1.94 bits per heavy atom. The zero-order chi connectivity index (χ0) is 25.4. The molecule has 0 saturated heterocycles. The van der Waals surface area contributed by atoms with E-state index in [1.807, 2.05) is 32.9 Å². The second kappa shape index (κ2) is 9.73. The number of benzene rings is 1. The maximum absolute atomic E-state index is 14.0. The summed E-state index contributed by atoms with van der Waals surface area (Å²) in [6.07, 6.45) is 8.68. The van der Waals surface area contributed by atoms with Crippen molar-refractivity contribution in [1.82, 2.24) is 19.2 Å². The molecular formula is C28H36N4O4. The lowest BCUT2D eigenvalue weighted by molar-refractivity contribution is 0.0513. The van der Waals surface area contributed by atoms with Gasteiger partial charge in [0.2, 0.25) is 0 Å². The molecular weight excluding hydrogens is 456 g/mol. The van der Waals surface area contributed by atoms with Crippen LogP contribution in [0, 0.1) is 0 Å². The van der Waals surface area contributed by atoms with Crippen molar-refractivity contribution < 1.29 is 19.1 Å². The van der Waals surface area contributed by atoms with Crippen LogP contribution in [0.5, 0.6) is 0 Å². The molecule has 5 rings (SSSR count). The van der Waals surface area contributed by atoms with Gasteiger partial charge in [-0.2, -0.15) is 9.78 Å². The summed E-state index contributed by atoms with van der Waals surface area (Å²) in [6.45, 7) is 7.10. The van der Waals surface area contributed by atoms with Gasteiger partial charge in [-0.3, -0.25) is 4.79 Å². The summed E-state index contributed by atoms with van der Waals surface area (Å²) in [5.41, 5.74) is 3.22. The predicted octanol–water partition coefficient (Wildman–Crippen LogP) is 4.82. The molecule has 1 fully saturated rings. The highest BCUT2D eigenvalue weighted by atomic mass is 16.6. The van der Waals surface area contributed by atoms with Crippen molar-refractivity contribution in [3.8, 4) is 0 Å². The molecule has 192 valence electrons. The Kier molecular flexibility index (Phi) is 6.64. The standard InChI is InChI=1S/C28H36N4O4/c1-28(2,3)36-27(34)31-18-19-17-21(11-12-24(19)29-31)32(20-9-10-20)26(33)23-7-5-8-25-22(23)13-15-30(25)14-6-16-35-4/h5,7-8,13,15,18,20-21H,6,9-12,14,16-17H2,1-4H3. The minimum atomic E-state index is -0.578. The third kappa shape index (κ3) is 5.05. The number of carbonyl (C=O) groups excluding carboxylic acids is 2. The fourth-order valence-corrected chi connectivity index (χ4v) is 5.23. The molecule has 2 heterocycles. The molecule has 2 aromatic heterocycles. The molecule has 3 aromatic rings. The van der Waals surface area contributed by atoms with E-state index in [9.17, 15) is 9.59 Å². The molecule has 1 amide bonds. The molecule has 2 aliphatic rings. The average Bonchev–Trinajstić information content (AvgIpc) is 3.42. The zero-order valence-corrected chi connectivity index (χ0v) is 21.7. The topological polar surface area (TPSA) is 78.6 Å². The molecule has 0 bridgehead atoms. The van der Waals surface area contributed by atoms with Gasteiger partial charge in [0, 0.05) is 61.2 Å². The van der Waals surface area contributed by atoms with Gasteiger partial charge in [-0.1, -0.05) is 6.07 Å². The largest absolute Gasteiger partial charge is 0.442 e. The summed E-state index contributed by atoms with van der Waals surface area (Å²) in [5, 5.41) is 5.49. The summed E-state index contributed by atoms with van der Waals surface area (Å²) in [6, 6.07) is 8.45. The molecule has 1 saturated carbocycles. The second-order valence-corrected chi connectivity index (χ2v) is 11.0.